The highest BCUT2D eigenvalue weighted by molar-refractivity contribution is 5.90. The first-order valence-corrected chi connectivity index (χ1v) is 10.9. The smallest absolute Gasteiger partial charge is 0.319 e. The third-order valence-electron chi connectivity index (χ3n) is 6.11. The van der Waals surface area contributed by atoms with Gasteiger partial charge in [-0.25, -0.2) is 4.79 Å². The first-order valence-electron chi connectivity index (χ1n) is 10.9. The van der Waals surface area contributed by atoms with Gasteiger partial charge in [-0.1, -0.05) is 42.5 Å². The number of piperidine rings is 1. The molecule has 6 heteroatoms. The van der Waals surface area contributed by atoms with Crippen LogP contribution in [-0.4, -0.2) is 34.9 Å². The number of aromatic nitrogens is 1. The van der Waals surface area contributed by atoms with E-state index in [2.05, 4.69) is 15.6 Å². The van der Waals surface area contributed by atoms with Crippen molar-refractivity contribution in [3.05, 3.63) is 84.2 Å². The van der Waals surface area contributed by atoms with Crippen LogP contribution < -0.4 is 10.6 Å². The molecule has 0 atom stereocenters. The standard InChI is InChI=1S/C26H28N4O2/c1-19-18-22(12-15-27-19)21-8-10-24(11-9-21)28-25(32)29-26(23-6-4-3-5-7-23)13-16-30(17-14-26)20(2)31/h3-12,15,18H,13-14,16-17H2,1-2H3,(H2,28,29,32). The fourth-order valence-electron chi connectivity index (χ4n) is 4.30. The van der Waals surface area contributed by atoms with E-state index in [1.807, 2.05) is 78.6 Å². The van der Waals surface area contributed by atoms with E-state index in [0.717, 1.165) is 28.1 Å². The van der Waals surface area contributed by atoms with Crippen LogP contribution in [0.1, 0.15) is 31.0 Å². The highest BCUT2D eigenvalue weighted by atomic mass is 16.2. The zero-order valence-corrected chi connectivity index (χ0v) is 18.5. The fourth-order valence-corrected chi connectivity index (χ4v) is 4.30. The van der Waals surface area contributed by atoms with Gasteiger partial charge in [-0.3, -0.25) is 9.78 Å². The van der Waals surface area contributed by atoms with E-state index in [-0.39, 0.29) is 11.9 Å². The van der Waals surface area contributed by atoms with Crippen LogP contribution in [0, 0.1) is 6.92 Å². The molecule has 0 bridgehead atoms. The van der Waals surface area contributed by atoms with Crippen LogP contribution in [0.5, 0.6) is 0 Å². The van der Waals surface area contributed by atoms with Crippen LogP contribution in [0.15, 0.2) is 72.9 Å². The Kier molecular flexibility index (Phi) is 6.21. The van der Waals surface area contributed by atoms with Crippen molar-refractivity contribution in [1.29, 1.82) is 0 Å². The van der Waals surface area contributed by atoms with Gasteiger partial charge < -0.3 is 15.5 Å². The van der Waals surface area contributed by atoms with Crippen LogP contribution in [0.2, 0.25) is 0 Å². The average molecular weight is 429 g/mol. The molecule has 1 saturated heterocycles. The SMILES string of the molecule is CC(=O)N1CCC(NC(=O)Nc2ccc(-c3ccnc(C)c3)cc2)(c2ccccc2)CC1. The van der Waals surface area contributed by atoms with Gasteiger partial charge in [0.25, 0.3) is 0 Å². The summed E-state index contributed by atoms with van der Waals surface area (Å²) < 4.78 is 0. The number of nitrogens with one attached hydrogen (secondary N) is 2. The molecule has 0 spiro atoms. The number of benzene rings is 2. The molecule has 164 valence electrons. The summed E-state index contributed by atoms with van der Waals surface area (Å²) >= 11 is 0. The van der Waals surface area contributed by atoms with Crippen molar-refractivity contribution in [2.45, 2.75) is 32.2 Å². The fraction of sp³-hybridized carbons (Fsp3) is 0.269. The van der Waals surface area contributed by atoms with E-state index in [1.54, 1.807) is 13.1 Å². The van der Waals surface area contributed by atoms with E-state index in [0.29, 0.717) is 25.9 Å². The first kappa shape index (κ1) is 21.6. The van der Waals surface area contributed by atoms with Crippen molar-refractivity contribution in [2.75, 3.05) is 18.4 Å². The number of hydrogen-bond donors (Lipinski definition) is 2. The van der Waals surface area contributed by atoms with Gasteiger partial charge in [-0.15, -0.1) is 0 Å². The number of likely N-dealkylation sites (tertiary alicyclic amines) is 1. The Bertz CT molecular complexity index is 1090. The zero-order valence-electron chi connectivity index (χ0n) is 18.5. The highest BCUT2D eigenvalue weighted by Crippen LogP contribution is 2.33. The molecule has 2 heterocycles. The van der Waals surface area contributed by atoms with E-state index >= 15 is 0 Å². The molecule has 6 nitrogen and oxygen atoms in total. The summed E-state index contributed by atoms with van der Waals surface area (Å²) in [6.07, 6.45) is 3.14. The molecule has 3 amide bonds. The van der Waals surface area contributed by atoms with Gasteiger partial charge >= 0.3 is 6.03 Å². The Morgan fingerprint density at radius 1 is 0.938 bits per heavy atom. The third kappa shape index (κ3) is 4.80. The van der Waals surface area contributed by atoms with E-state index in [4.69, 9.17) is 0 Å². The maximum Gasteiger partial charge on any atom is 0.319 e. The lowest BCUT2D eigenvalue weighted by atomic mass is 9.81. The monoisotopic (exact) mass is 428 g/mol. The summed E-state index contributed by atoms with van der Waals surface area (Å²) in [6, 6.07) is 21.5. The number of urea groups is 1. The maximum absolute atomic E-state index is 13.0. The summed E-state index contributed by atoms with van der Waals surface area (Å²) in [5.74, 6) is 0.0700. The predicted molar refractivity (Wildman–Crippen MR) is 126 cm³/mol. The molecule has 2 N–H and O–H groups in total. The summed E-state index contributed by atoms with van der Waals surface area (Å²) in [7, 11) is 0. The van der Waals surface area contributed by atoms with Crippen LogP contribution in [0.4, 0.5) is 10.5 Å². The number of amides is 3. The molecule has 0 saturated carbocycles. The van der Waals surface area contributed by atoms with Gasteiger partial charge in [0.15, 0.2) is 0 Å². The number of carbonyl (C=O) groups excluding carboxylic acids is 2. The lowest BCUT2D eigenvalue weighted by Crippen LogP contribution is -2.54. The summed E-state index contributed by atoms with van der Waals surface area (Å²) in [4.78, 5) is 30.8. The average Bonchev–Trinajstić information content (AvgIpc) is 2.80. The third-order valence-corrected chi connectivity index (χ3v) is 6.11. The molecule has 0 aliphatic carbocycles. The number of nitrogens with zero attached hydrogens (tertiary/aromatic N) is 2. The van der Waals surface area contributed by atoms with Gasteiger partial charge in [0.05, 0.1) is 5.54 Å². The molecule has 1 aliphatic rings. The van der Waals surface area contributed by atoms with E-state index < -0.39 is 5.54 Å². The molecule has 1 aliphatic heterocycles. The van der Waals surface area contributed by atoms with E-state index in [9.17, 15) is 9.59 Å². The number of aryl methyl sites for hydroxylation is 1. The van der Waals surface area contributed by atoms with Crippen LogP contribution >= 0.6 is 0 Å². The van der Waals surface area contributed by atoms with Crippen molar-refractivity contribution in [1.82, 2.24) is 15.2 Å². The summed E-state index contributed by atoms with van der Waals surface area (Å²) in [5, 5.41) is 6.18. The van der Waals surface area contributed by atoms with Crippen LogP contribution in [-0.2, 0) is 10.3 Å². The molecule has 1 aromatic heterocycles. The number of rotatable bonds is 4. The molecular weight excluding hydrogens is 400 g/mol. The Morgan fingerprint density at radius 2 is 1.62 bits per heavy atom. The van der Waals surface area contributed by atoms with Crippen LogP contribution in [0.25, 0.3) is 11.1 Å². The molecule has 4 rings (SSSR count). The second kappa shape index (κ2) is 9.22. The minimum Gasteiger partial charge on any atom is -0.343 e. The highest BCUT2D eigenvalue weighted by Gasteiger charge is 2.38. The topological polar surface area (TPSA) is 74.3 Å². The number of carbonyl (C=O) groups is 2. The molecule has 2 aromatic carbocycles. The molecule has 1 fully saturated rings. The van der Waals surface area contributed by atoms with Crippen molar-refractivity contribution < 1.29 is 9.59 Å². The van der Waals surface area contributed by atoms with Gasteiger partial charge in [0.2, 0.25) is 5.91 Å². The number of pyridine rings is 1. The number of anilines is 1. The molecule has 32 heavy (non-hydrogen) atoms. The summed E-state index contributed by atoms with van der Waals surface area (Å²) in [6.45, 7) is 4.79. The Balaban J connectivity index is 1.47. The minimum atomic E-state index is -0.508. The first-order chi connectivity index (χ1) is 15.4. The lowest BCUT2D eigenvalue weighted by molar-refractivity contribution is -0.130. The minimum absolute atomic E-state index is 0.0700. The quantitative estimate of drug-likeness (QED) is 0.632. The van der Waals surface area contributed by atoms with Crippen LogP contribution in [0.3, 0.4) is 0 Å². The van der Waals surface area contributed by atoms with Crippen molar-refractivity contribution in [3.8, 4) is 11.1 Å². The van der Waals surface area contributed by atoms with Gasteiger partial charge in [0.1, 0.15) is 0 Å². The molecule has 0 unspecified atom stereocenters. The van der Waals surface area contributed by atoms with Gasteiger partial charge in [-0.05, 0) is 60.7 Å². The summed E-state index contributed by atoms with van der Waals surface area (Å²) in [5.41, 5.74) is 4.40. The molecule has 0 radical (unpaired) electrons. The molecule has 3 aromatic rings. The zero-order chi connectivity index (χ0) is 22.6. The number of hydrogen-bond acceptors (Lipinski definition) is 3. The van der Waals surface area contributed by atoms with E-state index in [1.165, 1.54) is 0 Å². The Hall–Kier alpha value is -3.67. The lowest BCUT2D eigenvalue weighted by Gasteiger charge is -2.42. The van der Waals surface area contributed by atoms with Crippen molar-refractivity contribution in [3.63, 3.8) is 0 Å². The largest absolute Gasteiger partial charge is 0.343 e. The van der Waals surface area contributed by atoms with Gasteiger partial charge in [0, 0.05) is 37.6 Å². The Labute approximate surface area is 188 Å². The van der Waals surface area contributed by atoms with Gasteiger partial charge in [-0.2, -0.15) is 0 Å². The second-order valence-electron chi connectivity index (χ2n) is 8.30. The molecular formula is C26H28N4O2. The van der Waals surface area contributed by atoms with Crippen molar-refractivity contribution in [2.24, 2.45) is 0 Å². The predicted octanol–water partition coefficient (Wildman–Crippen LogP) is 4.72. The second-order valence-corrected chi connectivity index (χ2v) is 8.30. The van der Waals surface area contributed by atoms with Crippen molar-refractivity contribution >= 4 is 17.6 Å². The normalized spacial score (nSPS) is 15.1. The Morgan fingerprint density at radius 3 is 2.25 bits per heavy atom. The maximum atomic E-state index is 13.0.